The topological polar surface area (TPSA) is 49.2 Å². The van der Waals surface area contributed by atoms with Crippen LogP contribution in [0.4, 0.5) is 0 Å². The molecule has 7 heteroatoms. The van der Waals surface area contributed by atoms with Crippen molar-refractivity contribution in [3.05, 3.63) is 104 Å². The van der Waals surface area contributed by atoms with E-state index >= 15 is 0 Å². The van der Waals surface area contributed by atoms with Gasteiger partial charge in [-0.2, -0.15) is 0 Å². The van der Waals surface area contributed by atoms with Gasteiger partial charge in [-0.05, 0) is 72.5 Å². The third-order valence-corrected chi connectivity index (χ3v) is 7.27. The molecule has 0 saturated heterocycles. The van der Waals surface area contributed by atoms with Gasteiger partial charge in [-0.25, -0.2) is 0 Å². The molecule has 2 aromatic heterocycles. The minimum atomic E-state index is -0.128. The maximum atomic E-state index is 13.9. The van der Waals surface area contributed by atoms with E-state index in [9.17, 15) is 4.79 Å². The summed E-state index contributed by atoms with van der Waals surface area (Å²) in [6.45, 7) is 2.95. The highest BCUT2D eigenvalue weighted by Gasteiger charge is 2.22. The Hall–Kier alpha value is -2.92. The van der Waals surface area contributed by atoms with Crippen LogP contribution in [0.5, 0.6) is 0 Å². The van der Waals surface area contributed by atoms with Gasteiger partial charge in [0, 0.05) is 28.5 Å². The number of aryl methyl sites for hydroxylation is 1. The number of halogens is 3. The van der Waals surface area contributed by atoms with Crippen LogP contribution >= 0.6 is 34.8 Å². The standard InChI is InChI=1S/C29H25Cl3N2O2/c1-2-3-18-5-7-27-21(12-18)15-23(36-27)17-34(11-9-19-4-6-25(31)26(32)13-19)29(35)24-16-22(30)14-20-8-10-33-28(20)24/h4-8,10,12-16,33H,2-3,9,11,17H2,1H3. The van der Waals surface area contributed by atoms with Crippen LogP contribution in [0.3, 0.4) is 0 Å². The van der Waals surface area contributed by atoms with E-state index in [0.29, 0.717) is 40.1 Å². The number of carbonyl (C=O) groups excluding carboxylic acids is 1. The first-order valence-electron chi connectivity index (χ1n) is 11.9. The predicted molar refractivity (Wildman–Crippen MR) is 148 cm³/mol. The van der Waals surface area contributed by atoms with Crippen LogP contribution in [-0.2, 0) is 19.4 Å². The molecule has 0 bridgehead atoms. The highest BCUT2D eigenvalue weighted by molar-refractivity contribution is 6.42. The molecule has 0 radical (unpaired) electrons. The zero-order valence-corrected chi connectivity index (χ0v) is 22.1. The summed E-state index contributed by atoms with van der Waals surface area (Å²) in [6, 6.07) is 19.3. The largest absolute Gasteiger partial charge is 0.459 e. The van der Waals surface area contributed by atoms with E-state index in [-0.39, 0.29) is 5.91 Å². The number of nitrogens with zero attached hydrogens (tertiary/aromatic N) is 1. The van der Waals surface area contributed by atoms with Crippen molar-refractivity contribution in [3.8, 4) is 0 Å². The summed E-state index contributed by atoms with van der Waals surface area (Å²) < 4.78 is 6.13. The summed E-state index contributed by atoms with van der Waals surface area (Å²) in [6.07, 6.45) is 4.52. The van der Waals surface area contributed by atoms with Gasteiger partial charge in [0.15, 0.2) is 0 Å². The summed E-state index contributed by atoms with van der Waals surface area (Å²) in [5, 5.41) is 3.45. The minimum Gasteiger partial charge on any atom is -0.459 e. The van der Waals surface area contributed by atoms with Crippen LogP contribution in [0.1, 0.15) is 40.6 Å². The molecule has 36 heavy (non-hydrogen) atoms. The number of furan rings is 1. The molecule has 0 aliphatic carbocycles. The Morgan fingerprint density at radius 2 is 1.69 bits per heavy atom. The predicted octanol–water partition coefficient (Wildman–Crippen LogP) is 8.71. The van der Waals surface area contributed by atoms with Gasteiger partial charge in [0.1, 0.15) is 11.3 Å². The lowest BCUT2D eigenvalue weighted by molar-refractivity contribution is 0.0736. The first kappa shape index (κ1) is 24.8. The molecule has 5 rings (SSSR count). The molecule has 0 unspecified atom stereocenters. The second-order valence-corrected chi connectivity index (χ2v) is 10.2. The van der Waals surface area contributed by atoms with Gasteiger partial charge in [-0.1, -0.05) is 60.3 Å². The molecule has 0 spiro atoms. The number of aromatic nitrogens is 1. The summed E-state index contributed by atoms with van der Waals surface area (Å²) in [5.41, 5.74) is 4.37. The lowest BCUT2D eigenvalue weighted by Gasteiger charge is -2.22. The Morgan fingerprint density at radius 3 is 2.50 bits per heavy atom. The fourth-order valence-electron chi connectivity index (χ4n) is 4.54. The number of nitrogens with one attached hydrogen (secondary N) is 1. The van der Waals surface area contributed by atoms with Crippen molar-refractivity contribution in [2.45, 2.75) is 32.7 Å². The molecule has 0 fully saturated rings. The minimum absolute atomic E-state index is 0.128. The SMILES string of the molecule is CCCc1ccc2oc(CN(CCc3ccc(Cl)c(Cl)c3)C(=O)c3cc(Cl)cc4cc[nH]c34)cc2c1. The molecule has 1 N–H and O–H groups in total. The van der Waals surface area contributed by atoms with Gasteiger partial charge in [0.2, 0.25) is 0 Å². The number of H-pyrrole nitrogens is 1. The smallest absolute Gasteiger partial charge is 0.256 e. The normalized spacial score (nSPS) is 11.4. The molecule has 0 aliphatic rings. The Morgan fingerprint density at radius 1 is 0.889 bits per heavy atom. The monoisotopic (exact) mass is 538 g/mol. The van der Waals surface area contributed by atoms with Crippen molar-refractivity contribution in [2.24, 2.45) is 0 Å². The van der Waals surface area contributed by atoms with Crippen LogP contribution in [0, 0.1) is 0 Å². The lowest BCUT2D eigenvalue weighted by Crippen LogP contribution is -2.32. The number of benzene rings is 3. The van der Waals surface area contributed by atoms with Crippen molar-refractivity contribution in [1.82, 2.24) is 9.88 Å². The van der Waals surface area contributed by atoms with Gasteiger partial charge >= 0.3 is 0 Å². The third-order valence-electron chi connectivity index (χ3n) is 6.31. The summed E-state index contributed by atoms with van der Waals surface area (Å²) in [5.74, 6) is 0.600. The fourth-order valence-corrected chi connectivity index (χ4v) is 5.09. The maximum Gasteiger partial charge on any atom is 0.256 e. The van der Waals surface area contributed by atoms with Gasteiger partial charge in [0.05, 0.1) is 27.7 Å². The van der Waals surface area contributed by atoms with Crippen LogP contribution in [-0.4, -0.2) is 22.3 Å². The van der Waals surface area contributed by atoms with Gasteiger partial charge in [-0.3, -0.25) is 4.79 Å². The Labute approximate surface area is 224 Å². The number of hydrogen-bond acceptors (Lipinski definition) is 2. The van der Waals surface area contributed by atoms with Crippen molar-refractivity contribution in [3.63, 3.8) is 0 Å². The van der Waals surface area contributed by atoms with Crippen LogP contribution in [0.15, 0.2) is 71.3 Å². The van der Waals surface area contributed by atoms with E-state index in [1.54, 1.807) is 17.0 Å². The van der Waals surface area contributed by atoms with Crippen molar-refractivity contribution in [2.75, 3.05) is 6.54 Å². The van der Waals surface area contributed by atoms with Gasteiger partial charge < -0.3 is 14.3 Å². The molecule has 1 amide bonds. The quantitative estimate of drug-likeness (QED) is 0.214. The molecule has 2 heterocycles. The molecular formula is C29H25Cl3N2O2. The van der Waals surface area contributed by atoms with Gasteiger partial charge in [-0.15, -0.1) is 0 Å². The third kappa shape index (κ3) is 5.27. The summed E-state index contributed by atoms with van der Waals surface area (Å²) >= 11 is 18.7. The van der Waals surface area contributed by atoms with E-state index < -0.39 is 0 Å². The Kier molecular flexibility index (Phi) is 7.29. The molecule has 0 atom stereocenters. The van der Waals surface area contributed by atoms with E-state index in [4.69, 9.17) is 39.2 Å². The Bertz CT molecular complexity index is 1550. The highest BCUT2D eigenvalue weighted by atomic mass is 35.5. The highest BCUT2D eigenvalue weighted by Crippen LogP contribution is 2.28. The molecule has 0 saturated carbocycles. The number of hydrogen-bond donors (Lipinski definition) is 1. The zero-order valence-electron chi connectivity index (χ0n) is 19.8. The molecule has 3 aromatic carbocycles. The summed E-state index contributed by atoms with van der Waals surface area (Å²) in [7, 11) is 0. The molecule has 0 aliphatic heterocycles. The van der Waals surface area contributed by atoms with Crippen LogP contribution in [0.25, 0.3) is 21.9 Å². The second kappa shape index (κ2) is 10.6. The van der Waals surface area contributed by atoms with Crippen molar-refractivity contribution in [1.29, 1.82) is 0 Å². The number of carbonyl (C=O) groups is 1. The van der Waals surface area contributed by atoms with E-state index in [1.165, 1.54) is 5.56 Å². The second-order valence-electron chi connectivity index (χ2n) is 8.96. The fraction of sp³-hybridized carbons (Fsp3) is 0.207. The number of rotatable bonds is 8. The Balaban J connectivity index is 1.47. The van der Waals surface area contributed by atoms with Crippen LogP contribution in [0.2, 0.25) is 15.1 Å². The van der Waals surface area contributed by atoms with E-state index in [1.807, 2.05) is 42.6 Å². The maximum absolute atomic E-state index is 13.9. The number of amides is 1. The average Bonchev–Trinajstić information content (AvgIpc) is 3.49. The molecule has 4 nitrogen and oxygen atoms in total. The first-order valence-corrected chi connectivity index (χ1v) is 13.1. The summed E-state index contributed by atoms with van der Waals surface area (Å²) in [4.78, 5) is 18.8. The lowest BCUT2D eigenvalue weighted by atomic mass is 10.1. The molecular weight excluding hydrogens is 515 g/mol. The van der Waals surface area contributed by atoms with Crippen molar-refractivity contribution >= 4 is 62.6 Å². The van der Waals surface area contributed by atoms with Crippen LogP contribution < -0.4 is 0 Å². The van der Waals surface area contributed by atoms with E-state index in [2.05, 4.69) is 24.0 Å². The number of fused-ring (bicyclic) bond motifs is 2. The number of aromatic amines is 1. The zero-order chi connectivity index (χ0) is 25.2. The van der Waals surface area contributed by atoms with Crippen molar-refractivity contribution < 1.29 is 9.21 Å². The first-order chi connectivity index (χ1) is 17.4. The molecule has 5 aromatic rings. The molecule has 184 valence electrons. The van der Waals surface area contributed by atoms with E-state index in [0.717, 1.165) is 46.0 Å². The average molecular weight is 540 g/mol. The van der Waals surface area contributed by atoms with Gasteiger partial charge in [0.25, 0.3) is 5.91 Å².